The number of anilines is 1. The molecule has 0 radical (unpaired) electrons. The number of carboxylic acid groups (broad SMARTS) is 2. The third-order valence-corrected chi connectivity index (χ3v) is 4.15. The Bertz CT molecular complexity index is 929. The van der Waals surface area contributed by atoms with Crippen LogP contribution in [0.1, 0.15) is 23.6 Å². The van der Waals surface area contributed by atoms with E-state index in [0.717, 1.165) is 0 Å². The average molecular weight is 417 g/mol. The molecule has 2 aromatic carbocycles. The zero-order valence-electron chi connectivity index (χ0n) is 16.5. The summed E-state index contributed by atoms with van der Waals surface area (Å²) in [5.41, 5.74) is 6.63. The van der Waals surface area contributed by atoms with Crippen LogP contribution >= 0.6 is 0 Å². The van der Waals surface area contributed by atoms with Crippen molar-refractivity contribution in [3.63, 3.8) is 0 Å². The predicted molar refractivity (Wildman–Crippen MR) is 109 cm³/mol. The Morgan fingerprint density at radius 2 is 1.67 bits per heavy atom. The topological polar surface area (TPSA) is 164 Å². The Morgan fingerprint density at radius 3 is 2.17 bits per heavy atom. The number of hydrogen-bond donors (Lipinski definition) is 5. The van der Waals surface area contributed by atoms with E-state index in [4.69, 9.17) is 30.5 Å². The molecule has 0 heterocycles. The monoisotopic (exact) mass is 417 g/mol. The van der Waals surface area contributed by atoms with Crippen molar-refractivity contribution in [2.45, 2.75) is 12.5 Å². The lowest BCUT2D eigenvalue weighted by Gasteiger charge is -2.21. The number of carbonyl (C=O) groups is 2. The summed E-state index contributed by atoms with van der Waals surface area (Å²) in [6.45, 7) is -0.155. The molecule has 2 aromatic rings. The minimum absolute atomic E-state index is 0.106. The predicted octanol–water partition coefficient (Wildman–Crippen LogP) is 2.08. The van der Waals surface area contributed by atoms with E-state index in [1.165, 1.54) is 26.4 Å². The fourth-order valence-corrected chi connectivity index (χ4v) is 2.66. The van der Waals surface area contributed by atoms with Crippen molar-refractivity contribution in [3.8, 4) is 17.2 Å². The number of hydrogen-bond acceptors (Lipinski definition) is 7. The molecule has 0 saturated heterocycles. The SMILES string of the molecule is COc1cc(OCCC(=O)O)c([C@@H](Nc2ccc(C(=N)N)cc2)C(=O)O)cc1OC. The van der Waals surface area contributed by atoms with Crippen molar-refractivity contribution < 1.29 is 34.0 Å². The number of methoxy groups -OCH3 is 2. The van der Waals surface area contributed by atoms with Crippen molar-refractivity contribution in [1.29, 1.82) is 5.41 Å². The highest BCUT2D eigenvalue weighted by Gasteiger charge is 2.26. The van der Waals surface area contributed by atoms with Gasteiger partial charge in [0.1, 0.15) is 11.6 Å². The van der Waals surface area contributed by atoms with E-state index in [9.17, 15) is 14.7 Å². The molecule has 0 saturated carbocycles. The van der Waals surface area contributed by atoms with Crippen molar-refractivity contribution in [2.24, 2.45) is 5.73 Å². The lowest BCUT2D eigenvalue weighted by Crippen LogP contribution is -2.22. The number of nitrogens with one attached hydrogen (secondary N) is 2. The maximum atomic E-state index is 12.0. The summed E-state index contributed by atoms with van der Waals surface area (Å²) in [5.74, 6) is -1.60. The Kier molecular flexibility index (Phi) is 7.45. The third-order valence-electron chi connectivity index (χ3n) is 4.15. The number of rotatable bonds is 11. The van der Waals surface area contributed by atoms with Gasteiger partial charge >= 0.3 is 11.9 Å². The van der Waals surface area contributed by atoms with Crippen LogP contribution in [0.25, 0.3) is 0 Å². The van der Waals surface area contributed by atoms with Gasteiger partial charge in [-0.3, -0.25) is 10.2 Å². The second-order valence-corrected chi connectivity index (χ2v) is 6.14. The molecule has 160 valence electrons. The molecule has 0 aliphatic carbocycles. The van der Waals surface area contributed by atoms with Gasteiger partial charge in [-0.2, -0.15) is 0 Å². The number of ether oxygens (including phenoxy) is 3. The number of amidine groups is 1. The molecule has 6 N–H and O–H groups in total. The highest BCUT2D eigenvalue weighted by molar-refractivity contribution is 5.95. The first-order chi connectivity index (χ1) is 14.3. The second-order valence-electron chi connectivity index (χ2n) is 6.14. The van der Waals surface area contributed by atoms with Gasteiger partial charge in [-0.15, -0.1) is 0 Å². The van der Waals surface area contributed by atoms with Gasteiger partial charge in [0.15, 0.2) is 17.5 Å². The van der Waals surface area contributed by atoms with Crippen LogP contribution in [0.3, 0.4) is 0 Å². The van der Waals surface area contributed by atoms with Gasteiger partial charge in [0.2, 0.25) is 0 Å². The standard InChI is InChI=1S/C20H23N3O7/c1-28-15-9-13(14(10-16(15)29-2)30-8-7-17(24)25)18(20(26)27)23-12-5-3-11(4-6-12)19(21)22/h3-6,9-10,18,23H,7-8H2,1-2H3,(H3,21,22)(H,24,25)(H,26,27)/t18-/m1/s1. The van der Waals surface area contributed by atoms with Gasteiger partial charge in [0.05, 0.1) is 27.2 Å². The molecule has 10 heteroatoms. The Labute approximate surface area is 172 Å². The average Bonchev–Trinajstić information content (AvgIpc) is 2.71. The molecule has 1 atom stereocenters. The van der Waals surface area contributed by atoms with Crippen LogP contribution < -0.4 is 25.3 Å². The molecular weight excluding hydrogens is 394 g/mol. The zero-order valence-corrected chi connectivity index (χ0v) is 16.5. The number of nitrogens with two attached hydrogens (primary N) is 1. The lowest BCUT2D eigenvalue weighted by atomic mass is 10.0. The second kappa shape index (κ2) is 10.0. The lowest BCUT2D eigenvalue weighted by molar-refractivity contribution is -0.139. The Balaban J connectivity index is 2.43. The molecule has 0 aliphatic rings. The molecule has 0 spiro atoms. The largest absolute Gasteiger partial charge is 0.493 e. The molecule has 0 amide bonds. The molecule has 0 unspecified atom stereocenters. The third kappa shape index (κ3) is 5.53. The van der Waals surface area contributed by atoms with Crippen LogP contribution in [0.15, 0.2) is 36.4 Å². The zero-order chi connectivity index (χ0) is 22.3. The summed E-state index contributed by atoms with van der Waals surface area (Å²) in [5, 5.41) is 29.0. The summed E-state index contributed by atoms with van der Waals surface area (Å²) in [6, 6.07) is 8.03. The number of aliphatic carboxylic acids is 2. The first-order valence-corrected chi connectivity index (χ1v) is 8.81. The highest BCUT2D eigenvalue weighted by Crippen LogP contribution is 2.39. The van der Waals surface area contributed by atoms with Gasteiger partial charge in [0, 0.05) is 22.9 Å². The van der Waals surface area contributed by atoms with Crippen molar-refractivity contribution >= 4 is 23.5 Å². The van der Waals surface area contributed by atoms with Crippen molar-refractivity contribution in [1.82, 2.24) is 0 Å². The van der Waals surface area contributed by atoms with Crippen molar-refractivity contribution in [2.75, 3.05) is 26.1 Å². The summed E-state index contributed by atoms with van der Waals surface area (Å²) < 4.78 is 16.0. The van der Waals surface area contributed by atoms with Gasteiger partial charge in [-0.25, -0.2) is 4.79 Å². The van der Waals surface area contributed by atoms with Gasteiger partial charge < -0.3 is 35.5 Å². The van der Waals surface area contributed by atoms with E-state index in [0.29, 0.717) is 17.0 Å². The molecule has 30 heavy (non-hydrogen) atoms. The van der Waals surface area contributed by atoms with E-state index in [1.807, 2.05) is 0 Å². The van der Waals surface area contributed by atoms with Crippen LogP contribution in [-0.4, -0.2) is 48.8 Å². The number of carboxylic acids is 2. The van der Waals surface area contributed by atoms with Crippen LogP contribution in [0.2, 0.25) is 0 Å². The molecule has 0 aliphatic heterocycles. The highest BCUT2D eigenvalue weighted by atomic mass is 16.5. The maximum Gasteiger partial charge on any atom is 0.330 e. The van der Waals surface area contributed by atoms with Gasteiger partial charge in [-0.1, -0.05) is 0 Å². The van der Waals surface area contributed by atoms with Gasteiger partial charge in [-0.05, 0) is 30.3 Å². The summed E-state index contributed by atoms with van der Waals surface area (Å²) in [6.07, 6.45) is -0.258. The summed E-state index contributed by atoms with van der Waals surface area (Å²) in [4.78, 5) is 22.8. The molecule has 0 bridgehead atoms. The van der Waals surface area contributed by atoms with E-state index in [2.05, 4.69) is 5.32 Å². The normalized spacial score (nSPS) is 11.3. The Hall–Kier alpha value is -3.95. The fourth-order valence-electron chi connectivity index (χ4n) is 2.66. The van der Waals surface area contributed by atoms with Gasteiger partial charge in [0.25, 0.3) is 0 Å². The quantitative estimate of drug-likeness (QED) is 0.272. The molecular formula is C20H23N3O7. The molecule has 2 rings (SSSR count). The van der Waals surface area contributed by atoms with Crippen molar-refractivity contribution in [3.05, 3.63) is 47.5 Å². The van der Waals surface area contributed by atoms with Crippen LogP contribution in [0.4, 0.5) is 5.69 Å². The van der Waals surface area contributed by atoms with E-state index in [1.54, 1.807) is 24.3 Å². The summed E-state index contributed by atoms with van der Waals surface area (Å²) in [7, 11) is 2.83. The smallest absolute Gasteiger partial charge is 0.330 e. The van der Waals surface area contributed by atoms with E-state index < -0.39 is 18.0 Å². The Morgan fingerprint density at radius 1 is 1.07 bits per heavy atom. The molecule has 0 aromatic heterocycles. The minimum Gasteiger partial charge on any atom is -0.493 e. The maximum absolute atomic E-state index is 12.0. The summed E-state index contributed by atoms with van der Waals surface area (Å²) >= 11 is 0. The van der Waals surface area contributed by atoms with Crippen LogP contribution in [0.5, 0.6) is 17.2 Å². The van der Waals surface area contributed by atoms with E-state index >= 15 is 0 Å². The van der Waals surface area contributed by atoms with Crippen LogP contribution in [-0.2, 0) is 9.59 Å². The molecule has 10 nitrogen and oxygen atoms in total. The first kappa shape index (κ1) is 22.3. The first-order valence-electron chi connectivity index (χ1n) is 8.81. The number of nitrogen functional groups attached to an aromatic ring is 1. The number of benzene rings is 2. The van der Waals surface area contributed by atoms with Crippen LogP contribution in [0, 0.1) is 5.41 Å². The van der Waals surface area contributed by atoms with E-state index in [-0.39, 0.29) is 35.9 Å². The fraction of sp³-hybridized carbons (Fsp3) is 0.250. The molecule has 0 fully saturated rings. The minimum atomic E-state index is -1.24.